The van der Waals surface area contributed by atoms with Gasteiger partial charge < -0.3 is 15.4 Å². The van der Waals surface area contributed by atoms with Crippen molar-refractivity contribution >= 4 is 23.7 Å². The number of nitrogens with one attached hydrogen (secondary N) is 2. The van der Waals surface area contributed by atoms with Gasteiger partial charge in [0.15, 0.2) is 5.82 Å². The summed E-state index contributed by atoms with van der Waals surface area (Å²) in [5.74, 6) is 2.05. The highest BCUT2D eigenvalue weighted by Crippen LogP contribution is 2.39. The van der Waals surface area contributed by atoms with Crippen LogP contribution in [-0.2, 0) is 4.79 Å². The average molecular weight is 508 g/mol. The number of carbonyl (C=O) groups is 2. The first-order valence-corrected chi connectivity index (χ1v) is 12.7. The maximum atomic E-state index is 12.8. The number of anilines is 2. The zero-order valence-corrected chi connectivity index (χ0v) is 21.4. The van der Waals surface area contributed by atoms with Crippen molar-refractivity contribution in [2.24, 2.45) is 5.92 Å². The molecule has 2 fully saturated rings. The Morgan fingerprint density at radius 3 is 2.45 bits per heavy atom. The summed E-state index contributed by atoms with van der Waals surface area (Å²) < 4.78 is 0. The van der Waals surface area contributed by atoms with Crippen LogP contribution in [0.4, 0.5) is 11.5 Å². The molecule has 2 saturated carbocycles. The Hall–Kier alpha value is -4.53. The van der Waals surface area contributed by atoms with Crippen molar-refractivity contribution in [3.63, 3.8) is 0 Å². The normalized spacial score (nSPS) is 14.2. The predicted molar refractivity (Wildman–Crippen MR) is 146 cm³/mol. The Bertz CT molecular complexity index is 1470. The zero-order valence-electron chi connectivity index (χ0n) is 21.4. The molecule has 9 nitrogen and oxygen atoms in total. The van der Waals surface area contributed by atoms with Crippen LogP contribution in [0.1, 0.15) is 53.3 Å². The number of aromatic nitrogens is 5. The van der Waals surface area contributed by atoms with Crippen molar-refractivity contribution in [2.45, 2.75) is 38.5 Å². The number of hydrogen-bond acceptors (Lipinski definition) is 8. The van der Waals surface area contributed by atoms with Crippen LogP contribution in [0, 0.1) is 12.8 Å². The van der Waals surface area contributed by atoms with Crippen LogP contribution >= 0.6 is 0 Å². The number of rotatable bonds is 7. The molecule has 192 valence electrons. The van der Waals surface area contributed by atoms with E-state index in [0.717, 1.165) is 66.0 Å². The molecule has 2 N–H and O–H groups in total. The monoisotopic (exact) mass is 507 g/mol. The SMILES string of the molecule is CNc1cc(-c2ccnc(-c3cc(NC(=O)c4ccnc(C5CC5)c4)cnc3C)n2)ccn1.O=CC1CC1. The lowest BCUT2D eigenvalue weighted by Gasteiger charge is -2.10. The maximum absolute atomic E-state index is 12.8. The van der Waals surface area contributed by atoms with E-state index in [1.165, 1.54) is 0 Å². The van der Waals surface area contributed by atoms with E-state index in [9.17, 15) is 9.59 Å². The quantitative estimate of drug-likeness (QED) is 0.332. The van der Waals surface area contributed by atoms with Gasteiger partial charge >= 0.3 is 0 Å². The third-order valence-corrected chi connectivity index (χ3v) is 6.41. The van der Waals surface area contributed by atoms with Crippen LogP contribution in [0.5, 0.6) is 0 Å². The van der Waals surface area contributed by atoms with Crippen LogP contribution in [0.3, 0.4) is 0 Å². The predicted octanol–water partition coefficient (Wildman–Crippen LogP) is 5.07. The van der Waals surface area contributed by atoms with E-state index in [2.05, 4.69) is 30.6 Å². The standard InChI is InChI=1S/C25H23N7O.C4H6O/c1-15-20(24-29-10-7-21(32-24)17-5-9-28-23(12-17)26-2)13-19(14-30-15)31-25(33)18-6-8-27-22(11-18)16-3-4-16;5-3-4-1-2-4/h5-14,16H,3-4H2,1-2H3,(H,26,28)(H,31,33);3-4H,1-2H2. The van der Waals surface area contributed by atoms with E-state index < -0.39 is 0 Å². The second kappa shape index (κ2) is 11.2. The van der Waals surface area contributed by atoms with Gasteiger partial charge in [-0.3, -0.25) is 14.8 Å². The van der Waals surface area contributed by atoms with Gasteiger partial charge in [-0.05, 0) is 69.0 Å². The Labute approximate surface area is 221 Å². The number of nitrogens with zero attached hydrogens (tertiary/aromatic N) is 5. The van der Waals surface area contributed by atoms with Crippen molar-refractivity contribution < 1.29 is 9.59 Å². The second-order valence-electron chi connectivity index (χ2n) is 9.47. The summed E-state index contributed by atoms with van der Waals surface area (Å²) >= 11 is 0. The van der Waals surface area contributed by atoms with Crippen LogP contribution in [0.15, 0.2) is 61.2 Å². The maximum Gasteiger partial charge on any atom is 0.255 e. The van der Waals surface area contributed by atoms with Crippen LogP contribution < -0.4 is 10.6 Å². The second-order valence-corrected chi connectivity index (χ2v) is 9.47. The first-order chi connectivity index (χ1) is 18.5. The van der Waals surface area contributed by atoms with E-state index in [-0.39, 0.29) is 5.91 Å². The summed E-state index contributed by atoms with van der Waals surface area (Å²) in [5.41, 5.74) is 5.38. The molecule has 4 heterocycles. The summed E-state index contributed by atoms with van der Waals surface area (Å²) in [6, 6.07) is 11.1. The molecule has 0 bridgehead atoms. The minimum atomic E-state index is -0.193. The Balaban J connectivity index is 0.000000529. The molecule has 2 aliphatic rings. The summed E-state index contributed by atoms with van der Waals surface area (Å²) in [4.78, 5) is 44.7. The molecular weight excluding hydrogens is 478 g/mol. The highest BCUT2D eigenvalue weighted by molar-refractivity contribution is 6.04. The minimum Gasteiger partial charge on any atom is -0.373 e. The number of carbonyl (C=O) groups excluding carboxylic acids is 2. The summed E-state index contributed by atoms with van der Waals surface area (Å²) in [6.45, 7) is 1.90. The van der Waals surface area contributed by atoms with Crippen molar-refractivity contribution in [3.05, 3.63) is 78.1 Å². The number of hydrogen-bond donors (Lipinski definition) is 2. The minimum absolute atomic E-state index is 0.193. The lowest BCUT2D eigenvalue weighted by Crippen LogP contribution is -2.13. The van der Waals surface area contributed by atoms with Crippen molar-refractivity contribution in [1.29, 1.82) is 0 Å². The molecule has 0 radical (unpaired) electrons. The molecule has 6 rings (SSSR count). The fourth-order valence-corrected chi connectivity index (χ4v) is 3.83. The largest absolute Gasteiger partial charge is 0.373 e. The first-order valence-electron chi connectivity index (χ1n) is 12.7. The molecule has 0 spiro atoms. The van der Waals surface area contributed by atoms with Gasteiger partial charge in [-0.25, -0.2) is 15.0 Å². The number of aryl methyl sites for hydroxylation is 1. The van der Waals surface area contributed by atoms with Gasteiger partial charge in [0.05, 0.1) is 17.6 Å². The van der Waals surface area contributed by atoms with Crippen molar-refractivity contribution in [1.82, 2.24) is 24.9 Å². The highest BCUT2D eigenvalue weighted by Gasteiger charge is 2.25. The van der Waals surface area contributed by atoms with E-state index in [1.807, 2.05) is 44.3 Å². The smallest absolute Gasteiger partial charge is 0.255 e. The number of amides is 1. The topological polar surface area (TPSA) is 123 Å². The number of aldehydes is 1. The zero-order chi connectivity index (χ0) is 26.5. The number of pyridine rings is 3. The molecule has 0 saturated heterocycles. The third kappa shape index (κ3) is 6.23. The van der Waals surface area contributed by atoms with Crippen LogP contribution in [0.25, 0.3) is 22.6 Å². The fourth-order valence-electron chi connectivity index (χ4n) is 3.83. The molecule has 0 atom stereocenters. The van der Waals surface area contributed by atoms with E-state index in [4.69, 9.17) is 4.98 Å². The average Bonchev–Trinajstić information content (AvgIpc) is 3.88. The molecule has 4 aromatic heterocycles. The lowest BCUT2D eigenvalue weighted by atomic mass is 10.1. The summed E-state index contributed by atoms with van der Waals surface area (Å²) in [7, 11) is 1.82. The van der Waals surface area contributed by atoms with Gasteiger partial charge in [0.25, 0.3) is 5.91 Å². The molecule has 0 aromatic carbocycles. The van der Waals surface area contributed by atoms with Gasteiger partial charge in [-0.2, -0.15) is 0 Å². The van der Waals surface area contributed by atoms with Gasteiger partial charge in [0.2, 0.25) is 0 Å². The fraction of sp³-hybridized carbons (Fsp3) is 0.276. The summed E-state index contributed by atoms with van der Waals surface area (Å²) in [6.07, 6.45) is 12.4. The Kier molecular flexibility index (Phi) is 7.44. The molecule has 4 aromatic rings. The van der Waals surface area contributed by atoms with E-state index in [0.29, 0.717) is 28.9 Å². The van der Waals surface area contributed by atoms with Gasteiger partial charge in [0.1, 0.15) is 12.1 Å². The Morgan fingerprint density at radius 2 is 1.74 bits per heavy atom. The van der Waals surface area contributed by atoms with Gasteiger partial charge in [-0.15, -0.1) is 0 Å². The first kappa shape index (κ1) is 25.1. The third-order valence-electron chi connectivity index (χ3n) is 6.41. The molecule has 1 amide bonds. The van der Waals surface area contributed by atoms with Crippen LogP contribution in [-0.4, -0.2) is 44.2 Å². The summed E-state index contributed by atoms with van der Waals surface area (Å²) in [5, 5.41) is 5.98. The lowest BCUT2D eigenvalue weighted by molar-refractivity contribution is -0.108. The van der Waals surface area contributed by atoms with Gasteiger partial charge in [0, 0.05) is 65.6 Å². The molecule has 0 unspecified atom stereocenters. The highest BCUT2D eigenvalue weighted by atomic mass is 16.1. The van der Waals surface area contributed by atoms with Crippen LogP contribution in [0.2, 0.25) is 0 Å². The van der Waals surface area contributed by atoms with Crippen molar-refractivity contribution in [3.8, 4) is 22.6 Å². The molecule has 9 heteroatoms. The van der Waals surface area contributed by atoms with Gasteiger partial charge in [-0.1, -0.05) is 0 Å². The molecule has 38 heavy (non-hydrogen) atoms. The molecular formula is C29H29N7O2. The van der Waals surface area contributed by atoms with Crippen molar-refractivity contribution in [2.75, 3.05) is 17.7 Å². The van der Waals surface area contributed by atoms with E-state index in [1.54, 1.807) is 30.9 Å². The molecule has 0 aliphatic heterocycles. The molecule has 2 aliphatic carbocycles. The Morgan fingerprint density at radius 1 is 0.947 bits per heavy atom. The van der Waals surface area contributed by atoms with E-state index >= 15 is 0 Å².